The van der Waals surface area contributed by atoms with Crippen LogP contribution >= 0.6 is 11.6 Å². The maximum atomic E-state index is 9.02. The summed E-state index contributed by atoms with van der Waals surface area (Å²) in [6, 6.07) is 7.19. The quantitative estimate of drug-likeness (QED) is 0.792. The SMILES string of the molecule is COc1ccc(C(C#N)N(C)C)c(Cl)c1. The summed E-state index contributed by atoms with van der Waals surface area (Å²) in [5.41, 5.74) is 0.796. The Morgan fingerprint density at radius 3 is 2.53 bits per heavy atom. The third-order valence-electron chi connectivity index (χ3n) is 2.14. The molecule has 1 atom stereocenters. The van der Waals surface area contributed by atoms with Crippen molar-refractivity contribution >= 4 is 11.6 Å². The first kappa shape index (κ1) is 11.8. The fourth-order valence-electron chi connectivity index (χ4n) is 1.32. The maximum absolute atomic E-state index is 9.02. The van der Waals surface area contributed by atoms with Gasteiger partial charge in [0.15, 0.2) is 0 Å². The summed E-state index contributed by atoms with van der Waals surface area (Å²) in [4.78, 5) is 1.81. The van der Waals surface area contributed by atoms with Crippen LogP contribution in [0.25, 0.3) is 0 Å². The minimum Gasteiger partial charge on any atom is -0.497 e. The minimum absolute atomic E-state index is 0.330. The monoisotopic (exact) mass is 224 g/mol. The van der Waals surface area contributed by atoms with Gasteiger partial charge < -0.3 is 4.74 Å². The molecule has 0 bridgehead atoms. The summed E-state index contributed by atoms with van der Waals surface area (Å²) in [6.07, 6.45) is 0. The Balaban J connectivity index is 3.10. The van der Waals surface area contributed by atoms with Crippen molar-refractivity contribution in [1.82, 2.24) is 4.90 Å². The predicted molar refractivity (Wildman–Crippen MR) is 60.0 cm³/mol. The van der Waals surface area contributed by atoms with Crippen LogP contribution in [0.5, 0.6) is 5.75 Å². The molecule has 4 heteroatoms. The van der Waals surface area contributed by atoms with Gasteiger partial charge in [-0.1, -0.05) is 17.7 Å². The molecule has 80 valence electrons. The lowest BCUT2D eigenvalue weighted by atomic mass is 10.1. The summed E-state index contributed by atoms with van der Waals surface area (Å²) in [5.74, 6) is 0.694. The van der Waals surface area contributed by atoms with Crippen LogP contribution in [-0.2, 0) is 0 Å². The lowest BCUT2D eigenvalue weighted by Crippen LogP contribution is -2.18. The highest BCUT2D eigenvalue weighted by Gasteiger charge is 2.16. The van der Waals surface area contributed by atoms with E-state index in [4.69, 9.17) is 21.6 Å². The van der Waals surface area contributed by atoms with Crippen molar-refractivity contribution in [2.24, 2.45) is 0 Å². The van der Waals surface area contributed by atoms with E-state index in [-0.39, 0.29) is 6.04 Å². The van der Waals surface area contributed by atoms with Crippen LogP contribution in [0.4, 0.5) is 0 Å². The first-order valence-corrected chi connectivity index (χ1v) is 4.87. The van der Waals surface area contributed by atoms with Crippen LogP contribution in [-0.4, -0.2) is 26.1 Å². The third kappa shape index (κ3) is 2.62. The molecule has 0 spiro atoms. The van der Waals surface area contributed by atoms with Gasteiger partial charge in [-0.25, -0.2) is 0 Å². The van der Waals surface area contributed by atoms with Gasteiger partial charge in [0.25, 0.3) is 0 Å². The third-order valence-corrected chi connectivity index (χ3v) is 2.47. The molecule has 1 unspecified atom stereocenters. The molecule has 1 aromatic rings. The molecule has 0 aliphatic rings. The number of nitriles is 1. The molecule has 15 heavy (non-hydrogen) atoms. The van der Waals surface area contributed by atoms with Crippen molar-refractivity contribution in [2.45, 2.75) is 6.04 Å². The van der Waals surface area contributed by atoms with Gasteiger partial charge in [-0.3, -0.25) is 4.90 Å². The zero-order valence-electron chi connectivity index (χ0n) is 8.99. The number of ether oxygens (including phenoxy) is 1. The van der Waals surface area contributed by atoms with Crippen molar-refractivity contribution in [3.63, 3.8) is 0 Å². The summed E-state index contributed by atoms with van der Waals surface area (Å²) in [7, 11) is 5.27. The molecule has 0 saturated heterocycles. The molecule has 1 rings (SSSR count). The molecular weight excluding hydrogens is 212 g/mol. The van der Waals surface area contributed by atoms with E-state index in [0.717, 1.165) is 5.56 Å². The molecule has 0 saturated carbocycles. The van der Waals surface area contributed by atoms with Crippen LogP contribution < -0.4 is 4.74 Å². The van der Waals surface area contributed by atoms with E-state index in [2.05, 4.69) is 6.07 Å². The van der Waals surface area contributed by atoms with E-state index < -0.39 is 0 Å². The van der Waals surface area contributed by atoms with Gasteiger partial charge in [-0.15, -0.1) is 0 Å². The molecule has 0 heterocycles. The Labute approximate surface area is 94.8 Å². The van der Waals surface area contributed by atoms with E-state index in [1.807, 2.05) is 25.1 Å². The Morgan fingerprint density at radius 1 is 1.47 bits per heavy atom. The topological polar surface area (TPSA) is 36.3 Å². The second-order valence-electron chi connectivity index (χ2n) is 3.38. The van der Waals surface area contributed by atoms with Crippen molar-refractivity contribution in [1.29, 1.82) is 5.26 Å². The van der Waals surface area contributed by atoms with Crippen molar-refractivity contribution in [3.05, 3.63) is 28.8 Å². The number of hydrogen-bond acceptors (Lipinski definition) is 3. The fraction of sp³-hybridized carbons (Fsp3) is 0.364. The van der Waals surface area contributed by atoms with E-state index >= 15 is 0 Å². The molecule has 0 N–H and O–H groups in total. The standard InChI is InChI=1S/C11H13ClN2O/c1-14(2)11(7-13)9-5-4-8(15-3)6-10(9)12/h4-6,11H,1-3H3. The van der Waals surface area contributed by atoms with E-state index in [9.17, 15) is 0 Å². The number of hydrogen-bond donors (Lipinski definition) is 0. The molecule has 3 nitrogen and oxygen atoms in total. The van der Waals surface area contributed by atoms with Gasteiger partial charge in [-0.05, 0) is 26.2 Å². The number of benzene rings is 1. The van der Waals surface area contributed by atoms with Gasteiger partial charge >= 0.3 is 0 Å². The summed E-state index contributed by atoms with van der Waals surface area (Å²) in [6.45, 7) is 0. The lowest BCUT2D eigenvalue weighted by Gasteiger charge is -2.18. The fourth-order valence-corrected chi connectivity index (χ4v) is 1.59. The summed E-state index contributed by atoms with van der Waals surface area (Å²) < 4.78 is 5.04. The van der Waals surface area contributed by atoms with Crippen molar-refractivity contribution < 1.29 is 4.74 Å². The van der Waals surface area contributed by atoms with E-state index in [1.165, 1.54) is 0 Å². The van der Waals surface area contributed by atoms with Crippen molar-refractivity contribution in [3.8, 4) is 11.8 Å². The maximum Gasteiger partial charge on any atom is 0.124 e. The van der Waals surface area contributed by atoms with E-state index in [0.29, 0.717) is 10.8 Å². The highest BCUT2D eigenvalue weighted by atomic mass is 35.5. The average Bonchev–Trinajstić information content (AvgIpc) is 2.20. The largest absolute Gasteiger partial charge is 0.497 e. The van der Waals surface area contributed by atoms with Gasteiger partial charge in [0.2, 0.25) is 0 Å². The number of halogens is 1. The smallest absolute Gasteiger partial charge is 0.124 e. The molecule has 0 aliphatic heterocycles. The normalized spacial score (nSPS) is 12.3. The average molecular weight is 225 g/mol. The zero-order valence-corrected chi connectivity index (χ0v) is 9.75. The van der Waals surface area contributed by atoms with Crippen LogP contribution in [0, 0.1) is 11.3 Å². The number of nitrogens with zero attached hydrogens (tertiary/aromatic N) is 2. The molecular formula is C11H13ClN2O. The number of rotatable bonds is 3. The number of methoxy groups -OCH3 is 1. The lowest BCUT2D eigenvalue weighted by molar-refractivity contribution is 0.357. The molecule has 0 amide bonds. The van der Waals surface area contributed by atoms with Gasteiger partial charge in [0.05, 0.1) is 18.2 Å². The van der Waals surface area contributed by atoms with Crippen LogP contribution in [0.2, 0.25) is 5.02 Å². The summed E-state index contributed by atoms with van der Waals surface area (Å²) >= 11 is 6.07. The Kier molecular flexibility index (Phi) is 3.96. The molecule has 0 radical (unpaired) electrons. The highest BCUT2D eigenvalue weighted by molar-refractivity contribution is 6.31. The summed E-state index contributed by atoms with van der Waals surface area (Å²) in [5, 5.41) is 9.57. The minimum atomic E-state index is -0.330. The van der Waals surface area contributed by atoms with E-state index in [1.54, 1.807) is 19.2 Å². The van der Waals surface area contributed by atoms with Crippen LogP contribution in [0.15, 0.2) is 18.2 Å². The second-order valence-corrected chi connectivity index (χ2v) is 3.79. The predicted octanol–water partition coefficient (Wildman–Crippen LogP) is 2.47. The Morgan fingerprint density at radius 2 is 2.13 bits per heavy atom. The Bertz CT molecular complexity index is 385. The first-order valence-electron chi connectivity index (χ1n) is 4.49. The molecule has 0 fully saturated rings. The second kappa shape index (κ2) is 5.01. The molecule has 0 aliphatic carbocycles. The van der Waals surface area contributed by atoms with Gasteiger partial charge in [0.1, 0.15) is 11.8 Å². The molecule has 0 aromatic heterocycles. The highest BCUT2D eigenvalue weighted by Crippen LogP contribution is 2.29. The van der Waals surface area contributed by atoms with Gasteiger partial charge in [-0.2, -0.15) is 5.26 Å². The van der Waals surface area contributed by atoms with Crippen molar-refractivity contribution in [2.75, 3.05) is 21.2 Å². The zero-order chi connectivity index (χ0) is 11.4. The molecule has 1 aromatic carbocycles. The van der Waals surface area contributed by atoms with Gasteiger partial charge in [0, 0.05) is 5.56 Å². The van der Waals surface area contributed by atoms with Crippen LogP contribution in [0.3, 0.4) is 0 Å². The van der Waals surface area contributed by atoms with Crippen LogP contribution in [0.1, 0.15) is 11.6 Å². The first-order chi connectivity index (χ1) is 7.10. The Hall–Kier alpha value is -1.24.